The van der Waals surface area contributed by atoms with Gasteiger partial charge in [-0.1, -0.05) is 18.6 Å². The fourth-order valence-corrected chi connectivity index (χ4v) is 3.45. The van der Waals surface area contributed by atoms with Gasteiger partial charge in [0.25, 0.3) is 0 Å². The number of anilines is 1. The van der Waals surface area contributed by atoms with E-state index in [-0.39, 0.29) is 5.25 Å². The van der Waals surface area contributed by atoms with Crippen LogP contribution >= 0.6 is 11.9 Å². The molecule has 0 aromatic heterocycles. The summed E-state index contributed by atoms with van der Waals surface area (Å²) in [7, 11) is -3.13. The molecule has 0 amide bonds. The third kappa shape index (κ3) is 6.01. The van der Waals surface area contributed by atoms with Gasteiger partial charge in [-0.25, -0.2) is 13.1 Å². The standard InChI is InChI=1S/C16H26N4O2S2/c1-13(2)24(21,22)18-11-5-3-4-10-17-15-8-6-14(7-9-15)16-12-23-20-19-16/h6-9,12-13,17-20H,3-5,10-11H2,1-2H3. The quantitative estimate of drug-likeness (QED) is 0.374. The van der Waals surface area contributed by atoms with Crippen LogP contribution in [0.2, 0.25) is 0 Å². The highest BCUT2D eigenvalue weighted by molar-refractivity contribution is 8.00. The topological polar surface area (TPSA) is 82.3 Å². The summed E-state index contributed by atoms with van der Waals surface area (Å²) >= 11 is 1.53. The molecule has 0 bridgehead atoms. The molecule has 0 fully saturated rings. The molecule has 0 radical (unpaired) electrons. The van der Waals surface area contributed by atoms with Crippen LogP contribution in [0.3, 0.4) is 0 Å². The molecular formula is C16H26N4O2S2. The predicted octanol–water partition coefficient (Wildman–Crippen LogP) is 2.65. The van der Waals surface area contributed by atoms with E-state index in [0.717, 1.165) is 42.8 Å². The van der Waals surface area contributed by atoms with Crippen molar-refractivity contribution in [3.63, 3.8) is 0 Å². The Hall–Kier alpha value is -1.22. The molecule has 0 unspecified atom stereocenters. The van der Waals surface area contributed by atoms with Gasteiger partial charge in [0.05, 0.1) is 10.9 Å². The fraction of sp³-hybridized carbons (Fsp3) is 0.500. The number of sulfonamides is 1. The molecule has 0 saturated carbocycles. The van der Waals surface area contributed by atoms with Crippen molar-refractivity contribution >= 4 is 33.4 Å². The van der Waals surface area contributed by atoms with E-state index in [4.69, 9.17) is 0 Å². The van der Waals surface area contributed by atoms with Gasteiger partial charge >= 0.3 is 0 Å². The van der Waals surface area contributed by atoms with Crippen LogP contribution in [0.25, 0.3) is 5.70 Å². The van der Waals surface area contributed by atoms with E-state index in [0.29, 0.717) is 6.54 Å². The van der Waals surface area contributed by atoms with Crippen molar-refractivity contribution in [2.75, 3.05) is 18.4 Å². The van der Waals surface area contributed by atoms with Gasteiger partial charge in [-0.3, -0.25) is 0 Å². The highest BCUT2D eigenvalue weighted by atomic mass is 32.2. The normalized spacial score (nSPS) is 14.5. The third-order valence-electron chi connectivity index (χ3n) is 3.72. The first-order valence-electron chi connectivity index (χ1n) is 8.18. The summed E-state index contributed by atoms with van der Waals surface area (Å²) in [5, 5.41) is 5.06. The maximum atomic E-state index is 11.6. The Morgan fingerprint density at radius 1 is 1.08 bits per heavy atom. The van der Waals surface area contributed by atoms with Gasteiger partial charge in [-0.2, -0.15) is 4.83 Å². The van der Waals surface area contributed by atoms with Gasteiger partial charge in [0.2, 0.25) is 10.0 Å². The molecule has 1 heterocycles. The Labute approximate surface area is 149 Å². The molecule has 0 aliphatic carbocycles. The Bertz CT molecular complexity index is 643. The zero-order valence-electron chi connectivity index (χ0n) is 14.1. The van der Waals surface area contributed by atoms with Crippen LogP contribution in [0, 0.1) is 0 Å². The second-order valence-electron chi connectivity index (χ2n) is 5.93. The zero-order chi connectivity index (χ0) is 17.4. The van der Waals surface area contributed by atoms with Crippen molar-refractivity contribution in [1.82, 2.24) is 15.0 Å². The molecule has 6 nitrogen and oxygen atoms in total. The van der Waals surface area contributed by atoms with Crippen LogP contribution < -0.4 is 20.3 Å². The molecule has 2 rings (SSSR count). The van der Waals surface area contributed by atoms with Crippen LogP contribution in [0.4, 0.5) is 5.69 Å². The first-order valence-corrected chi connectivity index (χ1v) is 10.6. The summed E-state index contributed by atoms with van der Waals surface area (Å²) in [6.45, 7) is 4.77. The van der Waals surface area contributed by atoms with Gasteiger partial charge in [-0.15, -0.1) is 0 Å². The lowest BCUT2D eigenvalue weighted by Crippen LogP contribution is -2.31. The van der Waals surface area contributed by atoms with Gasteiger partial charge in [-0.05, 0) is 56.3 Å². The minimum Gasteiger partial charge on any atom is -0.385 e. The second kappa shape index (κ2) is 9.31. The van der Waals surface area contributed by atoms with E-state index in [1.807, 2.05) is 5.41 Å². The summed E-state index contributed by atoms with van der Waals surface area (Å²) in [5.41, 5.74) is 6.41. The average molecular weight is 371 g/mol. The minimum atomic E-state index is -3.13. The molecule has 0 atom stereocenters. The molecule has 1 aromatic rings. The van der Waals surface area contributed by atoms with Crippen molar-refractivity contribution in [2.45, 2.75) is 38.4 Å². The zero-order valence-corrected chi connectivity index (χ0v) is 15.8. The molecule has 1 aliphatic heterocycles. The maximum Gasteiger partial charge on any atom is 0.213 e. The molecule has 24 heavy (non-hydrogen) atoms. The van der Waals surface area contributed by atoms with Crippen molar-refractivity contribution in [2.24, 2.45) is 0 Å². The van der Waals surface area contributed by atoms with Crippen molar-refractivity contribution in [3.05, 3.63) is 35.2 Å². The SMILES string of the molecule is CC(C)S(=O)(=O)NCCCCCNc1ccc(C2=CSNN2)cc1. The Morgan fingerprint density at radius 2 is 1.79 bits per heavy atom. The third-order valence-corrected chi connectivity index (χ3v) is 6.14. The van der Waals surface area contributed by atoms with Gasteiger partial charge in [0, 0.05) is 24.2 Å². The summed E-state index contributed by atoms with van der Waals surface area (Å²) in [5.74, 6) is 0. The lowest BCUT2D eigenvalue weighted by Gasteiger charge is -2.10. The molecule has 1 aliphatic rings. The van der Waals surface area contributed by atoms with Crippen LogP contribution in [-0.4, -0.2) is 26.8 Å². The predicted molar refractivity (Wildman–Crippen MR) is 103 cm³/mol. The fourth-order valence-electron chi connectivity index (χ4n) is 2.15. The number of hydrogen-bond acceptors (Lipinski definition) is 6. The monoisotopic (exact) mass is 370 g/mol. The highest BCUT2D eigenvalue weighted by Crippen LogP contribution is 2.20. The molecule has 4 N–H and O–H groups in total. The van der Waals surface area contributed by atoms with E-state index in [9.17, 15) is 8.42 Å². The largest absolute Gasteiger partial charge is 0.385 e. The van der Waals surface area contributed by atoms with Crippen LogP contribution in [-0.2, 0) is 10.0 Å². The smallest absolute Gasteiger partial charge is 0.213 e. The Kier molecular flexibility index (Phi) is 7.41. The molecule has 0 saturated heterocycles. The number of nitrogens with one attached hydrogen (secondary N) is 4. The average Bonchev–Trinajstić information content (AvgIpc) is 3.09. The first kappa shape index (κ1) is 19.1. The van der Waals surface area contributed by atoms with E-state index in [2.05, 4.69) is 44.6 Å². The lowest BCUT2D eigenvalue weighted by molar-refractivity contribution is 0.566. The Balaban J connectivity index is 1.59. The maximum absolute atomic E-state index is 11.6. The molecule has 134 valence electrons. The highest BCUT2D eigenvalue weighted by Gasteiger charge is 2.13. The van der Waals surface area contributed by atoms with Gasteiger partial charge in [0.1, 0.15) is 0 Å². The first-order chi connectivity index (χ1) is 11.5. The lowest BCUT2D eigenvalue weighted by atomic mass is 10.1. The van der Waals surface area contributed by atoms with E-state index < -0.39 is 10.0 Å². The van der Waals surface area contributed by atoms with Gasteiger partial charge < -0.3 is 10.7 Å². The van der Waals surface area contributed by atoms with E-state index >= 15 is 0 Å². The minimum absolute atomic E-state index is 0.369. The van der Waals surface area contributed by atoms with Crippen LogP contribution in [0.5, 0.6) is 0 Å². The summed E-state index contributed by atoms with van der Waals surface area (Å²) in [4.78, 5) is 2.98. The second-order valence-corrected chi connectivity index (χ2v) is 8.93. The Morgan fingerprint density at radius 3 is 2.42 bits per heavy atom. The number of unbranched alkanes of at least 4 members (excludes halogenated alkanes) is 2. The van der Waals surface area contributed by atoms with Gasteiger partial charge in [0.15, 0.2) is 0 Å². The molecular weight excluding hydrogens is 344 g/mol. The van der Waals surface area contributed by atoms with Crippen LogP contribution in [0.1, 0.15) is 38.7 Å². The van der Waals surface area contributed by atoms with E-state index in [1.165, 1.54) is 11.9 Å². The van der Waals surface area contributed by atoms with E-state index in [1.54, 1.807) is 13.8 Å². The van der Waals surface area contributed by atoms with Crippen LogP contribution in [0.15, 0.2) is 29.7 Å². The van der Waals surface area contributed by atoms with Crippen molar-refractivity contribution in [3.8, 4) is 0 Å². The van der Waals surface area contributed by atoms with Crippen molar-refractivity contribution < 1.29 is 8.42 Å². The van der Waals surface area contributed by atoms with Crippen molar-refractivity contribution in [1.29, 1.82) is 0 Å². The molecule has 1 aromatic carbocycles. The molecule has 0 spiro atoms. The number of rotatable bonds is 10. The number of hydrogen-bond donors (Lipinski definition) is 4. The summed E-state index contributed by atoms with van der Waals surface area (Å²) in [6.07, 6.45) is 2.86. The summed E-state index contributed by atoms with van der Waals surface area (Å²) < 4.78 is 25.8. The number of hydrazine groups is 1. The number of benzene rings is 1. The molecule has 8 heteroatoms. The summed E-state index contributed by atoms with van der Waals surface area (Å²) in [6, 6.07) is 8.29.